The molecule has 2 unspecified atom stereocenters. The van der Waals surface area contributed by atoms with Crippen LogP contribution in [0.3, 0.4) is 0 Å². The van der Waals surface area contributed by atoms with Crippen molar-refractivity contribution < 1.29 is 9.53 Å². The largest absolute Gasteiger partial charge is 0.459 e. The molecular weight excluding hydrogens is 250 g/mol. The van der Waals surface area contributed by atoms with Crippen LogP contribution in [0.2, 0.25) is 5.02 Å². The lowest BCUT2D eigenvalue weighted by Gasteiger charge is -2.26. The zero-order chi connectivity index (χ0) is 13.1. The van der Waals surface area contributed by atoms with Crippen molar-refractivity contribution in [2.24, 2.45) is 5.92 Å². The summed E-state index contributed by atoms with van der Waals surface area (Å²) in [6.45, 7) is 2.18. The Morgan fingerprint density at radius 1 is 1.44 bits per heavy atom. The maximum atomic E-state index is 12.1. The van der Waals surface area contributed by atoms with Gasteiger partial charge in [-0.1, -0.05) is 31.0 Å². The molecule has 2 atom stereocenters. The van der Waals surface area contributed by atoms with Crippen LogP contribution in [-0.4, -0.2) is 12.1 Å². The van der Waals surface area contributed by atoms with E-state index in [9.17, 15) is 4.79 Å². The molecule has 0 saturated heterocycles. The Morgan fingerprint density at radius 3 is 2.89 bits per heavy atom. The number of halogens is 1. The number of carbonyl (C=O) groups is 1. The molecule has 0 spiro atoms. The third-order valence-corrected chi connectivity index (χ3v) is 3.73. The lowest BCUT2D eigenvalue weighted by atomic mass is 9.89. The number of hydrogen-bond donors (Lipinski definition) is 1. The second-order valence-corrected chi connectivity index (χ2v) is 5.41. The summed E-state index contributed by atoms with van der Waals surface area (Å²) in [6.07, 6.45) is 4.17. The summed E-state index contributed by atoms with van der Waals surface area (Å²) in [6, 6.07) is 5.03. The SMILES string of the molecule is CC1CCCC(OC(=O)c2c(N)cccc2Cl)C1. The van der Waals surface area contributed by atoms with E-state index >= 15 is 0 Å². The lowest BCUT2D eigenvalue weighted by Crippen LogP contribution is -2.25. The van der Waals surface area contributed by atoms with Crippen LogP contribution in [-0.2, 0) is 4.74 Å². The molecule has 1 aliphatic rings. The van der Waals surface area contributed by atoms with E-state index in [2.05, 4.69) is 6.92 Å². The summed E-state index contributed by atoms with van der Waals surface area (Å²) < 4.78 is 5.51. The summed E-state index contributed by atoms with van der Waals surface area (Å²) in [5, 5.41) is 0.351. The second-order valence-electron chi connectivity index (χ2n) is 5.00. The Bertz CT molecular complexity index is 427. The first-order valence-electron chi connectivity index (χ1n) is 6.33. The van der Waals surface area contributed by atoms with E-state index in [0.29, 0.717) is 16.6 Å². The van der Waals surface area contributed by atoms with Gasteiger partial charge < -0.3 is 10.5 Å². The van der Waals surface area contributed by atoms with Crippen molar-refractivity contribution in [2.45, 2.75) is 38.7 Å². The molecule has 18 heavy (non-hydrogen) atoms. The van der Waals surface area contributed by atoms with Gasteiger partial charge in [-0.2, -0.15) is 0 Å². The maximum Gasteiger partial charge on any atom is 0.342 e. The number of anilines is 1. The molecule has 0 aromatic heterocycles. The third-order valence-electron chi connectivity index (χ3n) is 3.41. The Labute approximate surface area is 112 Å². The van der Waals surface area contributed by atoms with Crippen molar-refractivity contribution in [3.8, 4) is 0 Å². The zero-order valence-corrected chi connectivity index (χ0v) is 11.2. The van der Waals surface area contributed by atoms with Crippen LogP contribution in [0, 0.1) is 5.92 Å². The molecule has 0 radical (unpaired) electrons. The van der Waals surface area contributed by atoms with Crippen LogP contribution in [0.5, 0.6) is 0 Å². The predicted molar refractivity (Wildman–Crippen MR) is 72.7 cm³/mol. The molecule has 1 aromatic carbocycles. The summed E-state index contributed by atoms with van der Waals surface area (Å²) in [5.41, 5.74) is 6.43. The van der Waals surface area contributed by atoms with E-state index in [4.69, 9.17) is 22.1 Å². The fraction of sp³-hybridized carbons (Fsp3) is 0.500. The summed E-state index contributed by atoms with van der Waals surface area (Å²) >= 11 is 5.99. The first kappa shape index (κ1) is 13.2. The normalized spacial score (nSPS) is 23.7. The number of hydrogen-bond acceptors (Lipinski definition) is 3. The molecule has 1 aliphatic carbocycles. The van der Waals surface area contributed by atoms with Crippen LogP contribution in [0.15, 0.2) is 18.2 Å². The second kappa shape index (κ2) is 5.61. The van der Waals surface area contributed by atoms with Crippen LogP contribution < -0.4 is 5.73 Å². The first-order chi connectivity index (χ1) is 8.58. The number of nitrogen functional groups attached to an aromatic ring is 1. The number of benzene rings is 1. The number of carbonyl (C=O) groups excluding carboxylic acids is 1. The molecule has 2 N–H and O–H groups in total. The van der Waals surface area contributed by atoms with Gasteiger partial charge in [0.15, 0.2) is 0 Å². The topological polar surface area (TPSA) is 52.3 Å². The summed E-state index contributed by atoms with van der Waals surface area (Å²) in [4.78, 5) is 12.1. The molecule has 1 fully saturated rings. The molecule has 0 bridgehead atoms. The molecule has 0 aliphatic heterocycles. The predicted octanol–water partition coefficient (Wildman–Crippen LogP) is 3.66. The monoisotopic (exact) mass is 267 g/mol. The molecule has 0 heterocycles. The Morgan fingerprint density at radius 2 is 2.22 bits per heavy atom. The van der Waals surface area contributed by atoms with Crippen molar-refractivity contribution in [1.29, 1.82) is 0 Å². The molecule has 4 heteroatoms. The van der Waals surface area contributed by atoms with E-state index in [1.807, 2.05) is 0 Å². The standard InChI is InChI=1S/C14H18ClNO2/c1-9-4-2-5-10(8-9)18-14(17)13-11(15)6-3-7-12(13)16/h3,6-7,9-10H,2,4-5,8,16H2,1H3. The van der Waals surface area contributed by atoms with Gasteiger partial charge in [0.05, 0.1) is 5.02 Å². The average Bonchev–Trinajstić information content (AvgIpc) is 2.28. The molecular formula is C14H18ClNO2. The van der Waals surface area contributed by atoms with Gasteiger partial charge in [-0.05, 0) is 37.3 Å². The van der Waals surface area contributed by atoms with Crippen LogP contribution in [0.4, 0.5) is 5.69 Å². The number of ether oxygens (including phenoxy) is 1. The van der Waals surface area contributed by atoms with E-state index in [-0.39, 0.29) is 11.7 Å². The molecule has 0 amide bonds. The maximum absolute atomic E-state index is 12.1. The molecule has 1 aromatic rings. The van der Waals surface area contributed by atoms with Crippen molar-refractivity contribution >= 4 is 23.3 Å². The van der Waals surface area contributed by atoms with Gasteiger partial charge in [-0.3, -0.25) is 0 Å². The first-order valence-corrected chi connectivity index (χ1v) is 6.70. The number of rotatable bonds is 2. The Balaban J connectivity index is 2.07. The molecule has 3 nitrogen and oxygen atoms in total. The molecule has 2 rings (SSSR count). The number of esters is 1. The highest BCUT2D eigenvalue weighted by Crippen LogP contribution is 2.28. The highest BCUT2D eigenvalue weighted by atomic mass is 35.5. The minimum atomic E-state index is -0.405. The average molecular weight is 268 g/mol. The van der Waals surface area contributed by atoms with Gasteiger partial charge in [0, 0.05) is 5.69 Å². The fourth-order valence-electron chi connectivity index (χ4n) is 2.45. The summed E-state index contributed by atoms with van der Waals surface area (Å²) in [5.74, 6) is 0.206. The zero-order valence-electron chi connectivity index (χ0n) is 10.5. The molecule has 1 saturated carbocycles. The highest BCUT2D eigenvalue weighted by molar-refractivity contribution is 6.34. The van der Waals surface area contributed by atoms with Gasteiger partial charge in [-0.25, -0.2) is 4.79 Å². The summed E-state index contributed by atoms with van der Waals surface area (Å²) in [7, 11) is 0. The number of nitrogens with two attached hydrogens (primary N) is 1. The third kappa shape index (κ3) is 2.96. The smallest absolute Gasteiger partial charge is 0.342 e. The minimum absolute atomic E-state index is 0.00285. The van der Waals surface area contributed by atoms with Crippen molar-refractivity contribution in [1.82, 2.24) is 0 Å². The lowest BCUT2D eigenvalue weighted by molar-refractivity contribution is 0.0156. The van der Waals surface area contributed by atoms with Gasteiger partial charge in [0.25, 0.3) is 0 Å². The van der Waals surface area contributed by atoms with E-state index in [0.717, 1.165) is 19.3 Å². The van der Waals surface area contributed by atoms with Gasteiger partial charge in [-0.15, -0.1) is 0 Å². The van der Waals surface area contributed by atoms with Crippen LogP contribution in [0.1, 0.15) is 43.0 Å². The Hall–Kier alpha value is -1.22. The quantitative estimate of drug-likeness (QED) is 0.657. The van der Waals surface area contributed by atoms with Crippen molar-refractivity contribution in [3.63, 3.8) is 0 Å². The van der Waals surface area contributed by atoms with Crippen LogP contribution >= 0.6 is 11.6 Å². The van der Waals surface area contributed by atoms with E-state index in [1.165, 1.54) is 6.42 Å². The molecule has 98 valence electrons. The van der Waals surface area contributed by atoms with E-state index < -0.39 is 5.97 Å². The van der Waals surface area contributed by atoms with E-state index in [1.54, 1.807) is 18.2 Å². The van der Waals surface area contributed by atoms with Crippen LogP contribution in [0.25, 0.3) is 0 Å². The fourth-order valence-corrected chi connectivity index (χ4v) is 2.71. The Kier molecular flexibility index (Phi) is 4.12. The van der Waals surface area contributed by atoms with Gasteiger partial charge >= 0.3 is 5.97 Å². The van der Waals surface area contributed by atoms with Gasteiger partial charge in [0.1, 0.15) is 11.7 Å². The van der Waals surface area contributed by atoms with Crippen molar-refractivity contribution in [3.05, 3.63) is 28.8 Å². The highest BCUT2D eigenvalue weighted by Gasteiger charge is 2.24. The van der Waals surface area contributed by atoms with Gasteiger partial charge in [0.2, 0.25) is 0 Å². The minimum Gasteiger partial charge on any atom is -0.459 e. The van der Waals surface area contributed by atoms with Crippen molar-refractivity contribution in [2.75, 3.05) is 5.73 Å².